The second kappa shape index (κ2) is 5.01. The Morgan fingerprint density at radius 2 is 2.00 bits per heavy atom. The van der Waals surface area contributed by atoms with Gasteiger partial charge in [0, 0.05) is 27.0 Å². The van der Waals surface area contributed by atoms with Crippen LogP contribution in [0.25, 0.3) is 0 Å². The molecule has 4 heteroatoms. The Bertz CT molecular complexity index is 438. The summed E-state index contributed by atoms with van der Waals surface area (Å²) in [5.41, 5.74) is 1.11. The third-order valence-electron chi connectivity index (χ3n) is 1.93. The van der Waals surface area contributed by atoms with Crippen LogP contribution in [-0.4, -0.2) is 0 Å². The maximum Gasteiger partial charge on any atom is 0.0516 e. The monoisotopic (exact) mass is 301 g/mol. The molecule has 1 heterocycles. The van der Waals surface area contributed by atoms with Gasteiger partial charge in [-0.1, -0.05) is 27.5 Å². The third-order valence-corrected chi connectivity index (χ3v) is 3.75. The Hall–Kier alpha value is -0.510. The predicted molar refractivity (Wildman–Crippen MR) is 70.8 cm³/mol. The van der Waals surface area contributed by atoms with Crippen LogP contribution in [0.5, 0.6) is 0 Å². The molecule has 0 aliphatic heterocycles. The van der Waals surface area contributed by atoms with E-state index in [2.05, 4.69) is 21.2 Å². The molecule has 0 fully saturated rings. The van der Waals surface area contributed by atoms with E-state index in [0.29, 0.717) is 0 Å². The maximum atomic E-state index is 5.84. The fraction of sp³-hybridized carbons (Fsp3) is 0.0909. The molecule has 1 nitrogen and oxygen atoms in total. The van der Waals surface area contributed by atoms with Crippen molar-refractivity contribution in [3.8, 4) is 0 Å². The summed E-state index contributed by atoms with van der Waals surface area (Å²) in [7, 11) is 0. The molecule has 78 valence electrons. The molecule has 0 saturated carbocycles. The Labute approximate surface area is 106 Å². The first-order valence-electron chi connectivity index (χ1n) is 4.46. The number of thiophene rings is 1. The normalized spacial score (nSPS) is 10.3. The van der Waals surface area contributed by atoms with E-state index < -0.39 is 0 Å². The SMILES string of the molecule is Clc1csc(CNc2ccc(Br)cc2)c1. The molecule has 1 aromatic heterocycles. The van der Waals surface area contributed by atoms with Crippen molar-refractivity contribution in [3.05, 3.63) is 50.1 Å². The fourth-order valence-electron chi connectivity index (χ4n) is 1.20. The summed E-state index contributed by atoms with van der Waals surface area (Å²) in [5, 5.41) is 6.09. The highest BCUT2D eigenvalue weighted by molar-refractivity contribution is 9.10. The van der Waals surface area contributed by atoms with Crippen LogP contribution in [0.4, 0.5) is 5.69 Å². The zero-order chi connectivity index (χ0) is 10.7. The van der Waals surface area contributed by atoms with Crippen LogP contribution in [0.3, 0.4) is 0 Å². The number of halogens is 2. The molecule has 1 aromatic carbocycles. The van der Waals surface area contributed by atoms with Crippen molar-refractivity contribution in [1.29, 1.82) is 0 Å². The molecule has 0 radical (unpaired) electrons. The lowest BCUT2D eigenvalue weighted by atomic mass is 10.3. The number of hydrogen-bond donors (Lipinski definition) is 1. The summed E-state index contributed by atoms with van der Waals surface area (Å²) in [4.78, 5) is 1.24. The van der Waals surface area contributed by atoms with Crippen molar-refractivity contribution in [3.63, 3.8) is 0 Å². The summed E-state index contributed by atoms with van der Waals surface area (Å²) in [5.74, 6) is 0. The Morgan fingerprint density at radius 1 is 1.27 bits per heavy atom. The highest BCUT2D eigenvalue weighted by Gasteiger charge is 1.97. The van der Waals surface area contributed by atoms with Gasteiger partial charge in [-0.3, -0.25) is 0 Å². The van der Waals surface area contributed by atoms with Gasteiger partial charge in [-0.25, -0.2) is 0 Å². The van der Waals surface area contributed by atoms with Crippen molar-refractivity contribution >= 4 is 44.6 Å². The quantitative estimate of drug-likeness (QED) is 0.860. The molecule has 2 rings (SSSR count). The number of benzene rings is 1. The molecule has 0 atom stereocenters. The summed E-state index contributed by atoms with van der Waals surface area (Å²) < 4.78 is 1.09. The van der Waals surface area contributed by atoms with E-state index in [-0.39, 0.29) is 0 Å². The molecule has 0 unspecified atom stereocenters. The van der Waals surface area contributed by atoms with Gasteiger partial charge in [0.15, 0.2) is 0 Å². The smallest absolute Gasteiger partial charge is 0.0516 e. The molecule has 0 aliphatic carbocycles. The summed E-state index contributed by atoms with van der Waals surface area (Å²) in [6, 6.07) is 10.1. The predicted octanol–water partition coefficient (Wildman–Crippen LogP) is 4.78. The average molecular weight is 303 g/mol. The minimum atomic E-state index is 0.813. The molecular formula is C11H9BrClNS. The number of rotatable bonds is 3. The first-order valence-corrected chi connectivity index (χ1v) is 6.51. The van der Waals surface area contributed by atoms with Gasteiger partial charge in [0.2, 0.25) is 0 Å². The molecule has 0 aliphatic rings. The maximum absolute atomic E-state index is 5.84. The van der Waals surface area contributed by atoms with Crippen molar-refractivity contribution in [2.45, 2.75) is 6.54 Å². The van der Waals surface area contributed by atoms with Gasteiger partial charge < -0.3 is 5.32 Å². The van der Waals surface area contributed by atoms with Crippen molar-refractivity contribution < 1.29 is 0 Å². The molecule has 0 saturated heterocycles. The van der Waals surface area contributed by atoms with E-state index in [4.69, 9.17) is 11.6 Å². The van der Waals surface area contributed by atoms with E-state index in [1.807, 2.05) is 35.7 Å². The minimum Gasteiger partial charge on any atom is -0.380 e. The van der Waals surface area contributed by atoms with Crippen molar-refractivity contribution in [2.24, 2.45) is 0 Å². The lowest BCUT2D eigenvalue weighted by Gasteiger charge is -2.04. The summed E-state index contributed by atoms with van der Waals surface area (Å²) in [6.45, 7) is 0.818. The van der Waals surface area contributed by atoms with Gasteiger partial charge in [0.1, 0.15) is 0 Å². The Morgan fingerprint density at radius 3 is 2.60 bits per heavy atom. The standard InChI is InChI=1S/C11H9BrClNS/c12-8-1-3-10(4-2-8)14-6-11-5-9(13)7-15-11/h1-5,7,14H,6H2. The number of anilines is 1. The van der Waals surface area contributed by atoms with E-state index >= 15 is 0 Å². The van der Waals surface area contributed by atoms with Gasteiger partial charge in [-0.05, 0) is 30.3 Å². The highest BCUT2D eigenvalue weighted by atomic mass is 79.9. The molecule has 0 spiro atoms. The van der Waals surface area contributed by atoms with Crippen LogP contribution in [0.1, 0.15) is 4.88 Å². The van der Waals surface area contributed by atoms with Crippen LogP contribution < -0.4 is 5.32 Å². The molecule has 15 heavy (non-hydrogen) atoms. The van der Waals surface area contributed by atoms with Crippen molar-refractivity contribution in [1.82, 2.24) is 0 Å². The van der Waals surface area contributed by atoms with Crippen LogP contribution in [0, 0.1) is 0 Å². The minimum absolute atomic E-state index is 0.813. The van der Waals surface area contributed by atoms with Crippen molar-refractivity contribution in [2.75, 3.05) is 5.32 Å². The Kier molecular flexibility index (Phi) is 3.67. The third kappa shape index (κ3) is 3.23. The van der Waals surface area contributed by atoms with E-state index in [9.17, 15) is 0 Å². The van der Waals surface area contributed by atoms with Crippen LogP contribution >= 0.6 is 38.9 Å². The molecule has 1 N–H and O–H groups in total. The zero-order valence-electron chi connectivity index (χ0n) is 7.84. The molecular weight excluding hydrogens is 294 g/mol. The van der Waals surface area contributed by atoms with E-state index in [0.717, 1.165) is 21.7 Å². The van der Waals surface area contributed by atoms with Crippen LogP contribution in [0.2, 0.25) is 5.02 Å². The zero-order valence-corrected chi connectivity index (χ0v) is 11.0. The number of hydrogen-bond acceptors (Lipinski definition) is 2. The molecule has 0 bridgehead atoms. The fourth-order valence-corrected chi connectivity index (χ4v) is 2.48. The van der Waals surface area contributed by atoms with E-state index in [1.165, 1.54) is 4.88 Å². The first-order chi connectivity index (χ1) is 7.24. The summed E-state index contributed by atoms with van der Waals surface area (Å²) in [6.07, 6.45) is 0. The van der Waals surface area contributed by atoms with Crippen LogP contribution in [0.15, 0.2) is 40.2 Å². The average Bonchev–Trinajstić information content (AvgIpc) is 2.64. The molecule has 0 amide bonds. The van der Waals surface area contributed by atoms with Gasteiger partial charge in [-0.2, -0.15) is 0 Å². The lowest BCUT2D eigenvalue weighted by molar-refractivity contribution is 1.19. The van der Waals surface area contributed by atoms with Gasteiger partial charge in [-0.15, -0.1) is 11.3 Å². The molecule has 2 aromatic rings. The lowest BCUT2D eigenvalue weighted by Crippen LogP contribution is -1.96. The van der Waals surface area contributed by atoms with Gasteiger partial charge >= 0.3 is 0 Å². The largest absolute Gasteiger partial charge is 0.380 e. The second-order valence-corrected chi connectivity index (χ2v) is 5.44. The Balaban J connectivity index is 1.96. The topological polar surface area (TPSA) is 12.0 Å². The van der Waals surface area contributed by atoms with Gasteiger partial charge in [0.05, 0.1) is 5.02 Å². The van der Waals surface area contributed by atoms with Gasteiger partial charge in [0.25, 0.3) is 0 Å². The highest BCUT2D eigenvalue weighted by Crippen LogP contribution is 2.21. The first kappa shape index (κ1) is 11.0. The van der Waals surface area contributed by atoms with Crippen LogP contribution in [-0.2, 0) is 6.54 Å². The number of nitrogens with one attached hydrogen (secondary N) is 1. The van der Waals surface area contributed by atoms with E-state index in [1.54, 1.807) is 11.3 Å². The summed E-state index contributed by atoms with van der Waals surface area (Å²) >= 11 is 10.9. The second-order valence-electron chi connectivity index (χ2n) is 3.09.